The molecule has 1 aliphatic heterocycles. The van der Waals surface area contributed by atoms with Crippen LogP contribution in [0.1, 0.15) is 42.5 Å². The average Bonchev–Trinajstić information content (AvgIpc) is 2.42. The lowest BCUT2D eigenvalue weighted by molar-refractivity contribution is 0.0852. The monoisotopic (exact) mass is 298 g/mol. The number of rotatable bonds is 2. The highest BCUT2D eigenvalue weighted by Gasteiger charge is 2.41. The standard InChI is InChI=1S/C15H17F3N2O/c16-11-6-9(7-12(17)13(11)18)14(21)20-10-2-5-19-15(8-10)3-1-4-15/h6-7,10,19H,1-5,8H2,(H,20,21). The fraction of sp³-hybridized carbons (Fsp3) is 0.533. The van der Waals surface area contributed by atoms with E-state index in [4.69, 9.17) is 0 Å². The number of nitrogens with one attached hydrogen (secondary N) is 2. The first-order valence-corrected chi connectivity index (χ1v) is 7.20. The number of halogens is 3. The Bertz CT molecular complexity index is 549. The summed E-state index contributed by atoms with van der Waals surface area (Å²) in [4.78, 5) is 12.1. The second-order valence-electron chi connectivity index (χ2n) is 5.98. The van der Waals surface area contributed by atoms with Gasteiger partial charge in [0, 0.05) is 17.1 Å². The Balaban J connectivity index is 1.68. The van der Waals surface area contributed by atoms with Crippen LogP contribution >= 0.6 is 0 Å². The molecule has 2 aliphatic rings. The summed E-state index contributed by atoms with van der Waals surface area (Å²) in [6.45, 7) is 0.817. The Labute approximate surface area is 120 Å². The van der Waals surface area contributed by atoms with Crippen molar-refractivity contribution in [3.8, 4) is 0 Å². The van der Waals surface area contributed by atoms with E-state index in [-0.39, 0.29) is 17.1 Å². The first kappa shape index (κ1) is 14.4. The van der Waals surface area contributed by atoms with Crippen molar-refractivity contribution in [1.29, 1.82) is 0 Å². The predicted molar refractivity (Wildman–Crippen MR) is 71.4 cm³/mol. The molecule has 114 valence electrons. The third kappa shape index (κ3) is 2.77. The number of hydrogen-bond donors (Lipinski definition) is 2. The smallest absolute Gasteiger partial charge is 0.251 e. The topological polar surface area (TPSA) is 41.1 Å². The summed E-state index contributed by atoms with van der Waals surface area (Å²) in [7, 11) is 0. The zero-order chi connectivity index (χ0) is 15.0. The highest BCUT2D eigenvalue weighted by Crippen LogP contribution is 2.38. The molecule has 0 bridgehead atoms. The van der Waals surface area contributed by atoms with E-state index in [0.717, 1.165) is 44.4 Å². The Morgan fingerprint density at radius 2 is 1.90 bits per heavy atom. The number of benzene rings is 1. The summed E-state index contributed by atoms with van der Waals surface area (Å²) in [5.74, 6) is -4.81. The summed E-state index contributed by atoms with van der Waals surface area (Å²) in [6.07, 6.45) is 4.98. The van der Waals surface area contributed by atoms with Crippen LogP contribution in [-0.2, 0) is 0 Å². The van der Waals surface area contributed by atoms with E-state index < -0.39 is 23.4 Å². The fourth-order valence-electron chi connectivity index (χ4n) is 3.22. The van der Waals surface area contributed by atoms with Crippen molar-refractivity contribution in [2.45, 2.75) is 43.7 Å². The summed E-state index contributed by atoms with van der Waals surface area (Å²) in [5, 5.41) is 6.28. The Morgan fingerprint density at radius 3 is 2.48 bits per heavy atom. The van der Waals surface area contributed by atoms with Gasteiger partial charge in [0.05, 0.1) is 0 Å². The molecule has 1 aromatic carbocycles. The largest absolute Gasteiger partial charge is 0.349 e. The van der Waals surface area contributed by atoms with Gasteiger partial charge in [-0.15, -0.1) is 0 Å². The van der Waals surface area contributed by atoms with Crippen LogP contribution in [0.5, 0.6) is 0 Å². The summed E-state index contributed by atoms with van der Waals surface area (Å²) in [5.41, 5.74) is -0.0669. The van der Waals surface area contributed by atoms with Crippen LogP contribution in [-0.4, -0.2) is 24.0 Å². The quantitative estimate of drug-likeness (QED) is 0.824. The van der Waals surface area contributed by atoms with Crippen LogP contribution in [0.15, 0.2) is 12.1 Å². The molecular formula is C15H17F3N2O. The molecule has 2 fully saturated rings. The zero-order valence-electron chi connectivity index (χ0n) is 11.5. The SMILES string of the molecule is O=C(NC1CCNC2(CCC2)C1)c1cc(F)c(F)c(F)c1. The molecule has 1 spiro atoms. The number of piperidine rings is 1. The highest BCUT2D eigenvalue weighted by molar-refractivity contribution is 5.94. The maximum Gasteiger partial charge on any atom is 0.251 e. The van der Waals surface area contributed by atoms with Crippen molar-refractivity contribution in [3.05, 3.63) is 35.1 Å². The van der Waals surface area contributed by atoms with Crippen LogP contribution < -0.4 is 10.6 Å². The molecule has 2 N–H and O–H groups in total. The lowest BCUT2D eigenvalue weighted by atomic mass is 9.70. The van der Waals surface area contributed by atoms with Gasteiger partial charge in [-0.3, -0.25) is 4.79 Å². The number of carbonyl (C=O) groups excluding carboxylic acids is 1. The molecule has 1 heterocycles. The van der Waals surface area contributed by atoms with Crippen LogP contribution in [0.25, 0.3) is 0 Å². The summed E-state index contributed by atoms with van der Waals surface area (Å²) < 4.78 is 39.2. The molecule has 1 atom stereocenters. The Morgan fingerprint density at radius 1 is 1.24 bits per heavy atom. The van der Waals surface area contributed by atoms with Crippen molar-refractivity contribution in [2.75, 3.05) is 6.54 Å². The highest BCUT2D eigenvalue weighted by atomic mass is 19.2. The summed E-state index contributed by atoms with van der Waals surface area (Å²) >= 11 is 0. The molecule has 1 saturated heterocycles. The van der Waals surface area contributed by atoms with Gasteiger partial charge in [0.2, 0.25) is 0 Å². The van der Waals surface area contributed by atoms with E-state index in [0.29, 0.717) is 0 Å². The normalized spacial score (nSPS) is 23.7. The first-order valence-electron chi connectivity index (χ1n) is 7.20. The molecule has 3 nitrogen and oxygen atoms in total. The molecule has 0 radical (unpaired) electrons. The number of hydrogen-bond acceptors (Lipinski definition) is 2. The third-order valence-corrected chi connectivity index (χ3v) is 4.52. The molecule has 0 aromatic heterocycles. The van der Waals surface area contributed by atoms with Gasteiger partial charge in [0.15, 0.2) is 17.5 Å². The van der Waals surface area contributed by atoms with E-state index in [9.17, 15) is 18.0 Å². The molecule has 6 heteroatoms. The van der Waals surface area contributed by atoms with Gasteiger partial charge >= 0.3 is 0 Å². The fourth-order valence-corrected chi connectivity index (χ4v) is 3.22. The molecule has 1 unspecified atom stereocenters. The van der Waals surface area contributed by atoms with Crippen LogP contribution in [0.4, 0.5) is 13.2 Å². The van der Waals surface area contributed by atoms with E-state index in [2.05, 4.69) is 10.6 Å². The van der Waals surface area contributed by atoms with Crippen molar-refractivity contribution < 1.29 is 18.0 Å². The van der Waals surface area contributed by atoms with Gasteiger partial charge in [0.25, 0.3) is 5.91 Å². The molecule has 21 heavy (non-hydrogen) atoms. The van der Waals surface area contributed by atoms with Crippen molar-refractivity contribution >= 4 is 5.91 Å². The molecule has 1 saturated carbocycles. The van der Waals surface area contributed by atoms with E-state index in [1.54, 1.807) is 0 Å². The third-order valence-electron chi connectivity index (χ3n) is 4.52. The minimum atomic E-state index is -1.55. The lowest BCUT2D eigenvalue weighted by Gasteiger charge is -2.48. The van der Waals surface area contributed by atoms with E-state index in [1.807, 2.05) is 0 Å². The maximum absolute atomic E-state index is 13.2. The number of amides is 1. The average molecular weight is 298 g/mol. The lowest BCUT2D eigenvalue weighted by Crippen LogP contribution is -2.59. The second kappa shape index (κ2) is 5.33. The van der Waals surface area contributed by atoms with E-state index in [1.165, 1.54) is 6.42 Å². The van der Waals surface area contributed by atoms with Crippen LogP contribution in [0.3, 0.4) is 0 Å². The molecule has 1 aliphatic carbocycles. The van der Waals surface area contributed by atoms with Gasteiger partial charge in [-0.1, -0.05) is 0 Å². The molecule has 1 aromatic rings. The Hall–Kier alpha value is -1.56. The molecular weight excluding hydrogens is 281 g/mol. The van der Waals surface area contributed by atoms with Crippen LogP contribution in [0, 0.1) is 17.5 Å². The maximum atomic E-state index is 13.2. The predicted octanol–water partition coefficient (Wildman–Crippen LogP) is 2.51. The Kier molecular flexibility index (Phi) is 3.65. The summed E-state index contributed by atoms with van der Waals surface area (Å²) in [6, 6.07) is 1.44. The van der Waals surface area contributed by atoms with Gasteiger partial charge in [-0.05, 0) is 50.8 Å². The minimum Gasteiger partial charge on any atom is -0.349 e. The molecule has 3 rings (SSSR count). The van der Waals surface area contributed by atoms with Gasteiger partial charge in [-0.25, -0.2) is 13.2 Å². The first-order chi connectivity index (χ1) is 9.99. The number of carbonyl (C=O) groups is 1. The van der Waals surface area contributed by atoms with Crippen molar-refractivity contribution in [2.24, 2.45) is 0 Å². The van der Waals surface area contributed by atoms with Gasteiger partial charge in [0.1, 0.15) is 0 Å². The van der Waals surface area contributed by atoms with E-state index >= 15 is 0 Å². The van der Waals surface area contributed by atoms with Gasteiger partial charge in [-0.2, -0.15) is 0 Å². The zero-order valence-corrected chi connectivity index (χ0v) is 11.5. The second-order valence-corrected chi connectivity index (χ2v) is 5.98. The van der Waals surface area contributed by atoms with Crippen molar-refractivity contribution in [1.82, 2.24) is 10.6 Å². The molecule has 1 amide bonds. The van der Waals surface area contributed by atoms with Crippen molar-refractivity contribution in [3.63, 3.8) is 0 Å². The minimum absolute atomic E-state index is 0.0183. The van der Waals surface area contributed by atoms with Crippen LogP contribution in [0.2, 0.25) is 0 Å². The van der Waals surface area contributed by atoms with Gasteiger partial charge < -0.3 is 10.6 Å².